The molecule has 2 rings (SSSR count). The summed E-state index contributed by atoms with van der Waals surface area (Å²) in [6, 6.07) is 3.60. The number of nitrogens with zero attached hydrogens (tertiary/aromatic N) is 1. The minimum absolute atomic E-state index is 0.229. The summed E-state index contributed by atoms with van der Waals surface area (Å²) in [5.41, 5.74) is 1.69. The van der Waals surface area contributed by atoms with Crippen molar-refractivity contribution in [3.8, 4) is 17.2 Å². The largest absolute Gasteiger partial charge is 0.496 e. The molecule has 0 saturated heterocycles. The SMILES string of the molecule is CCC(=O)O[C@H]1CN(C)CC=C1c1c(OC)cc(OC)cc1OC. The highest BCUT2D eigenvalue weighted by Crippen LogP contribution is 2.41. The van der Waals surface area contributed by atoms with Gasteiger partial charge in [-0.3, -0.25) is 9.69 Å². The molecule has 0 spiro atoms. The summed E-state index contributed by atoms with van der Waals surface area (Å²) >= 11 is 0. The average molecular weight is 335 g/mol. The highest BCUT2D eigenvalue weighted by molar-refractivity contribution is 5.81. The van der Waals surface area contributed by atoms with Crippen LogP contribution in [0.15, 0.2) is 18.2 Å². The number of ether oxygens (including phenoxy) is 4. The standard InChI is InChI=1S/C18H25NO5/c1-6-17(20)24-16-11-19(2)8-7-13(16)18-14(22-4)9-12(21-3)10-15(18)23-5/h7,9-10,16H,6,8,11H2,1-5H3/t16-/m0/s1. The highest BCUT2D eigenvalue weighted by Gasteiger charge is 2.29. The number of likely N-dealkylation sites (N-methyl/N-ethyl adjacent to an activating group) is 1. The van der Waals surface area contributed by atoms with Gasteiger partial charge in [0.15, 0.2) is 0 Å². The number of methoxy groups -OCH3 is 3. The van der Waals surface area contributed by atoms with Crippen LogP contribution in [0.2, 0.25) is 0 Å². The Morgan fingerprint density at radius 2 is 1.79 bits per heavy atom. The zero-order valence-electron chi connectivity index (χ0n) is 14.9. The summed E-state index contributed by atoms with van der Waals surface area (Å²) in [5, 5.41) is 0. The van der Waals surface area contributed by atoms with E-state index in [0.717, 1.165) is 17.7 Å². The van der Waals surface area contributed by atoms with E-state index >= 15 is 0 Å². The summed E-state index contributed by atoms with van der Waals surface area (Å²) in [5.74, 6) is 1.66. The Bertz CT molecular complexity index is 601. The Morgan fingerprint density at radius 3 is 2.29 bits per heavy atom. The van der Waals surface area contributed by atoms with Gasteiger partial charge in [-0.05, 0) is 7.05 Å². The number of hydrogen-bond donors (Lipinski definition) is 0. The van der Waals surface area contributed by atoms with E-state index in [2.05, 4.69) is 4.90 Å². The van der Waals surface area contributed by atoms with Gasteiger partial charge in [-0.25, -0.2) is 0 Å². The molecule has 6 nitrogen and oxygen atoms in total. The molecule has 0 radical (unpaired) electrons. The third-order valence-electron chi connectivity index (χ3n) is 4.01. The summed E-state index contributed by atoms with van der Waals surface area (Å²) in [7, 11) is 6.78. The Morgan fingerprint density at radius 1 is 1.17 bits per heavy atom. The molecule has 0 bridgehead atoms. The Hall–Kier alpha value is -2.21. The third-order valence-corrected chi connectivity index (χ3v) is 4.01. The molecule has 6 heteroatoms. The number of hydrogen-bond acceptors (Lipinski definition) is 6. The first-order chi connectivity index (χ1) is 11.5. The lowest BCUT2D eigenvalue weighted by Crippen LogP contribution is -2.37. The Labute approximate surface area is 142 Å². The minimum atomic E-state index is -0.368. The van der Waals surface area contributed by atoms with E-state index in [0.29, 0.717) is 30.2 Å². The van der Waals surface area contributed by atoms with E-state index in [4.69, 9.17) is 18.9 Å². The van der Waals surface area contributed by atoms with E-state index in [9.17, 15) is 4.79 Å². The van der Waals surface area contributed by atoms with Gasteiger partial charge < -0.3 is 18.9 Å². The molecular weight excluding hydrogens is 310 g/mol. The van der Waals surface area contributed by atoms with Gasteiger partial charge in [0, 0.05) is 37.2 Å². The number of benzene rings is 1. The smallest absolute Gasteiger partial charge is 0.306 e. The molecule has 0 amide bonds. The van der Waals surface area contributed by atoms with Crippen molar-refractivity contribution in [3.63, 3.8) is 0 Å². The van der Waals surface area contributed by atoms with Gasteiger partial charge in [0.05, 0.1) is 26.9 Å². The fourth-order valence-electron chi connectivity index (χ4n) is 2.74. The highest BCUT2D eigenvalue weighted by atomic mass is 16.5. The van der Waals surface area contributed by atoms with Crippen molar-refractivity contribution in [1.82, 2.24) is 4.90 Å². The van der Waals surface area contributed by atoms with Crippen LogP contribution in [-0.2, 0) is 9.53 Å². The first-order valence-electron chi connectivity index (χ1n) is 7.92. The second-order valence-corrected chi connectivity index (χ2v) is 5.62. The molecule has 1 heterocycles. The number of rotatable bonds is 6. The van der Waals surface area contributed by atoms with E-state index in [-0.39, 0.29) is 12.1 Å². The molecule has 1 atom stereocenters. The van der Waals surface area contributed by atoms with Gasteiger partial charge in [-0.1, -0.05) is 13.0 Å². The second kappa shape index (κ2) is 8.06. The number of carbonyl (C=O) groups is 1. The molecule has 1 aliphatic rings. The molecule has 0 saturated carbocycles. The lowest BCUT2D eigenvalue weighted by Gasteiger charge is -2.31. The summed E-state index contributed by atoms with van der Waals surface area (Å²) in [6.45, 7) is 3.16. The molecule has 132 valence electrons. The zero-order chi connectivity index (χ0) is 17.7. The van der Waals surface area contributed by atoms with Crippen molar-refractivity contribution in [3.05, 3.63) is 23.8 Å². The first kappa shape index (κ1) is 18.1. The third kappa shape index (κ3) is 3.82. The van der Waals surface area contributed by atoms with Crippen molar-refractivity contribution in [2.45, 2.75) is 19.4 Å². The van der Waals surface area contributed by atoms with Crippen LogP contribution in [0.25, 0.3) is 5.57 Å². The zero-order valence-corrected chi connectivity index (χ0v) is 14.9. The lowest BCUT2D eigenvalue weighted by atomic mass is 9.94. The van der Waals surface area contributed by atoms with Crippen LogP contribution < -0.4 is 14.2 Å². The number of esters is 1. The summed E-state index contributed by atoms with van der Waals surface area (Å²) in [4.78, 5) is 13.9. The predicted octanol–water partition coefficient (Wildman–Crippen LogP) is 2.36. The minimum Gasteiger partial charge on any atom is -0.496 e. The van der Waals surface area contributed by atoms with Gasteiger partial charge >= 0.3 is 5.97 Å². The predicted molar refractivity (Wildman–Crippen MR) is 91.7 cm³/mol. The Balaban J connectivity index is 2.52. The molecule has 0 fully saturated rings. The van der Waals surface area contributed by atoms with Crippen LogP contribution in [0.5, 0.6) is 17.2 Å². The maximum Gasteiger partial charge on any atom is 0.306 e. The van der Waals surface area contributed by atoms with Crippen molar-refractivity contribution >= 4 is 11.5 Å². The van der Waals surface area contributed by atoms with Crippen molar-refractivity contribution in [2.24, 2.45) is 0 Å². The van der Waals surface area contributed by atoms with E-state index in [1.807, 2.05) is 13.1 Å². The Kier molecular flexibility index (Phi) is 6.09. The maximum absolute atomic E-state index is 11.8. The second-order valence-electron chi connectivity index (χ2n) is 5.62. The summed E-state index contributed by atoms with van der Waals surface area (Å²) < 4.78 is 22.0. The molecule has 0 unspecified atom stereocenters. The lowest BCUT2D eigenvalue weighted by molar-refractivity contribution is -0.146. The maximum atomic E-state index is 11.8. The summed E-state index contributed by atoms with van der Waals surface area (Å²) in [6.07, 6.45) is 2.02. The fourth-order valence-corrected chi connectivity index (χ4v) is 2.74. The van der Waals surface area contributed by atoms with E-state index in [1.54, 1.807) is 40.4 Å². The van der Waals surface area contributed by atoms with Gasteiger partial charge in [-0.15, -0.1) is 0 Å². The molecule has 24 heavy (non-hydrogen) atoms. The van der Waals surface area contributed by atoms with Crippen molar-refractivity contribution in [1.29, 1.82) is 0 Å². The normalized spacial score (nSPS) is 17.9. The first-order valence-corrected chi connectivity index (χ1v) is 7.92. The van der Waals surface area contributed by atoms with Crippen molar-refractivity contribution < 1.29 is 23.7 Å². The molecule has 0 aromatic heterocycles. The van der Waals surface area contributed by atoms with Gasteiger partial charge in [0.1, 0.15) is 23.4 Å². The van der Waals surface area contributed by atoms with Gasteiger partial charge in [-0.2, -0.15) is 0 Å². The molecule has 1 aliphatic heterocycles. The van der Waals surface area contributed by atoms with Crippen LogP contribution in [0.4, 0.5) is 0 Å². The average Bonchev–Trinajstić information content (AvgIpc) is 2.60. The number of carbonyl (C=O) groups excluding carboxylic acids is 1. The van der Waals surface area contributed by atoms with Crippen molar-refractivity contribution in [2.75, 3.05) is 41.5 Å². The molecule has 0 N–H and O–H groups in total. The molecular formula is C18H25NO5. The van der Waals surface area contributed by atoms with Crippen LogP contribution in [0, 0.1) is 0 Å². The van der Waals surface area contributed by atoms with Crippen LogP contribution >= 0.6 is 0 Å². The molecule has 1 aromatic carbocycles. The van der Waals surface area contributed by atoms with Crippen LogP contribution in [0.1, 0.15) is 18.9 Å². The van der Waals surface area contributed by atoms with Gasteiger partial charge in [0.2, 0.25) is 0 Å². The topological polar surface area (TPSA) is 57.2 Å². The monoisotopic (exact) mass is 335 g/mol. The fraction of sp³-hybridized carbons (Fsp3) is 0.500. The van der Waals surface area contributed by atoms with E-state index < -0.39 is 0 Å². The molecule has 0 aliphatic carbocycles. The van der Waals surface area contributed by atoms with Crippen LogP contribution in [-0.4, -0.2) is 58.4 Å². The van der Waals surface area contributed by atoms with E-state index in [1.165, 1.54) is 0 Å². The van der Waals surface area contributed by atoms with Crippen LogP contribution in [0.3, 0.4) is 0 Å². The molecule has 1 aromatic rings. The van der Waals surface area contributed by atoms with Gasteiger partial charge in [0.25, 0.3) is 0 Å². The quantitative estimate of drug-likeness (QED) is 0.744.